The minimum Gasteiger partial charge on any atom is -0.508 e. The quantitative estimate of drug-likeness (QED) is 0.756. The fourth-order valence-electron chi connectivity index (χ4n) is 1.40. The highest BCUT2D eigenvalue weighted by molar-refractivity contribution is 6.31. The Bertz CT molecular complexity index is 427. The number of hydrogen-bond acceptors (Lipinski definition) is 3. The second kappa shape index (κ2) is 5.54. The molecule has 0 saturated carbocycles. The molecule has 0 spiro atoms. The minimum atomic E-state index is -1.18. The number of aromatic hydroxyl groups is 1. The van der Waals surface area contributed by atoms with Gasteiger partial charge in [-0.1, -0.05) is 17.7 Å². The molecule has 1 amide bonds. The summed E-state index contributed by atoms with van der Waals surface area (Å²) in [7, 11) is 0. The molecular weight excluding hydrogens is 246 g/mol. The van der Waals surface area contributed by atoms with Crippen LogP contribution < -0.4 is 5.32 Å². The zero-order valence-electron chi connectivity index (χ0n) is 9.11. The SMILES string of the molecule is CC(=O)NC(Cc1c(O)cccc1Cl)C(=O)O. The van der Waals surface area contributed by atoms with E-state index in [1.54, 1.807) is 12.1 Å². The molecule has 0 aliphatic carbocycles. The van der Waals surface area contributed by atoms with Crippen LogP contribution in [0.5, 0.6) is 5.75 Å². The van der Waals surface area contributed by atoms with Crippen LogP contribution in [-0.2, 0) is 16.0 Å². The first kappa shape index (κ1) is 13.3. The molecule has 0 saturated heterocycles. The predicted octanol–water partition coefficient (Wildman–Crippen LogP) is 1.18. The third-order valence-corrected chi connectivity index (χ3v) is 2.53. The molecule has 0 aromatic heterocycles. The highest BCUT2D eigenvalue weighted by Gasteiger charge is 2.21. The first-order valence-corrected chi connectivity index (χ1v) is 5.26. The zero-order valence-corrected chi connectivity index (χ0v) is 9.86. The molecule has 17 heavy (non-hydrogen) atoms. The van der Waals surface area contributed by atoms with Gasteiger partial charge < -0.3 is 15.5 Å². The molecule has 0 heterocycles. The second-order valence-electron chi connectivity index (χ2n) is 3.53. The number of carboxylic acid groups (broad SMARTS) is 1. The summed E-state index contributed by atoms with van der Waals surface area (Å²) in [5.41, 5.74) is 0.301. The summed E-state index contributed by atoms with van der Waals surface area (Å²) < 4.78 is 0. The van der Waals surface area contributed by atoms with Gasteiger partial charge in [0.15, 0.2) is 0 Å². The molecule has 0 bridgehead atoms. The molecule has 1 atom stereocenters. The average molecular weight is 258 g/mol. The van der Waals surface area contributed by atoms with Crippen LogP contribution in [0.2, 0.25) is 5.02 Å². The largest absolute Gasteiger partial charge is 0.508 e. The van der Waals surface area contributed by atoms with Crippen LogP contribution in [0.4, 0.5) is 0 Å². The Balaban J connectivity index is 2.93. The number of carboxylic acids is 1. The van der Waals surface area contributed by atoms with Crippen LogP contribution in [0.25, 0.3) is 0 Å². The lowest BCUT2D eigenvalue weighted by molar-refractivity contribution is -0.141. The lowest BCUT2D eigenvalue weighted by Crippen LogP contribution is -2.41. The summed E-state index contributed by atoms with van der Waals surface area (Å²) in [4.78, 5) is 21.8. The number of amides is 1. The molecule has 0 radical (unpaired) electrons. The van der Waals surface area contributed by atoms with Gasteiger partial charge in [0.2, 0.25) is 5.91 Å². The Labute approximate surface area is 103 Å². The van der Waals surface area contributed by atoms with Crippen LogP contribution in [0.1, 0.15) is 12.5 Å². The van der Waals surface area contributed by atoms with Crippen LogP contribution in [0.15, 0.2) is 18.2 Å². The highest BCUT2D eigenvalue weighted by Crippen LogP contribution is 2.26. The molecule has 1 aromatic carbocycles. The van der Waals surface area contributed by atoms with E-state index in [1.807, 2.05) is 0 Å². The van der Waals surface area contributed by atoms with Gasteiger partial charge in [0.25, 0.3) is 0 Å². The molecule has 1 aromatic rings. The Kier molecular flexibility index (Phi) is 4.34. The predicted molar refractivity (Wildman–Crippen MR) is 62.1 cm³/mol. The number of rotatable bonds is 4. The summed E-state index contributed by atoms with van der Waals surface area (Å²) in [6, 6.07) is 3.39. The van der Waals surface area contributed by atoms with Gasteiger partial charge in [0.1, 0.15) is 11.8 Å². The van der Waals surface area contributed by atoms with Gasteiger partial charge in [-0.3, -0.25) is 4.79 Å². The van der Waals surface area contributed by atoms with Gasteiger partial charge >= 0.3 is 5.97 Å². The summed E-state index contributed by atoms with van der Waals surface area (Å²) in [5, 5.41) is 21.0. The van der Waals surface area contributed by atoms with Gasteiger partial charge in [-0.2, -0.15) is 0 Å². The Morgan fingerprint density at radius 3 is 2.59 bits per heavy atom. The molecule has 6 heteroatoms. The molecule has 1 rings (SSSR count). The number of carbonyl (C=O) groups excluding carboxylic acids is 1. The highest BCUT2D eigenvalue weighted by atomic mass is 35.5. The number of phenolic OH excluding ortho intramolecular Hbond substituents is 1. The van der Waals surface area contributed by atoms with E-state index in [2.05, 4.69) is 5.32 Å². The van der Waals surface area contributed by atoms with E-state index >= 15 is 0 Å². The van der Waals surface area contributed by atoms with Crippen molar-refractivity contribution in [3.05, 3.63) is 28.8 Å². The third-order valence-electron chi connectivity index (χ3n) is 2.18. The Morgan fingerprint density at radius 2 is 2.12 bits per heavy atom. The maximum Gasteiger partial charge on any atom is 0.326 e. The van der Waals surface area contributed by atoms with Crippen molar-refractivity contribution in [3.63, 3.8) is 0 Å². The smallest absolute Gasteiger partial charge is 0.326 e. The van der Waals surface area contributed by atoms with E-state index in [4.69, 9.17) is 16.7 Å². The first-order chi connectivity index (χ1) is 7.91. The van der Waals surface area contributed by atoms with E-state index in [-0.39, 0.29) is 17.2 Å². The van der Waals surface area contributed by atoms with Crippen LogP contribution >= 0.6 is 11.6 Å². The van der Waals surface area contributed by atoms with Crippen molar-refractivity contribution in [2.45, 2.75) is 19.4 Å². The number of benzene rings is 1. The van der Waals surface area contributed by atoms with Crippen molar-refractivity contribution < 1.29 is 19.8 Å². The molecule has 92 valence electrons. The topological polar surface area (TPSA) is 86.6 Å². The van der Waals surface area contributed by atoms with E-state index in [9.17, 15) is 14.7 Å². The number of hydrogen-bond donors (Lipinski definition) is 3. The average Bonchev–Trinajstić information content (AvgIpc) is 2.21. The maximum atomic E-state index is 10.9. The summed E-state index contributed by atoms with van der Waals surface area (Å²) in [6.45, 7) is 1.22. The summed E-state index contributed by atoms with van der Waals surface area (Å²) in [6.07, 6.45) is -0.0690. The Morgan fingerprint density at radius 1 is 1.47 bits per heavy atom. The molecular formula is C11H12ClNO4. The molecule has 0 aliphatic heterocycles. The maximum absolute atomic E-state index is 10.9. The molecule has 3 N–H and O–H groups in total. The number of carbonyl (C=O) groups is 2. The van der Waals surface area contributed by atoms with Crippen molar-refractivity contribution in [2.75, 3.05) is 0 Å². The van der Waals surface area contributed by atoms with Crippen molar-refractivity contribution in [2.24, 2.45) is 0 Å². The van der Waals surface area contributed by atoms with E-state index in [0.717, 1.165) is 0 Å². The lowest BCUT2D eigenvalue weighted by atomic mass is 10.0. The summed E-state index contributed by atoms with van der Waals surface area (Å²) in [5.74, 6) is -1.72. The van der Waals surface area contributed by atoms with Crippen LogP contribution in [-0.4, -0.2) is 28.1 Å². The van der Waals surface area contributed by atoms with Crippen molar-refractivity contribution in [1.82, 2.24) is 5.32 Å². The van der Waals surface area contributed by atoms with E-state index < -0.39 is 17.9 Å². The monoisotopic (exact) mass is 257 g/mol. The standard InChI is InChI=1S/C11H12ClNO4/c1-6(14)13-9(11(16)17)5-7-8(12)3-2-4-10(7)15/h2-4,9,15H,5H2,1H3,(H,13,14)(H,16,17). The number of phenols is 1. The van der Waals surface area contributed by atoms with Crippen molar-refractivity contribution in [3.8, 4) is 5.75 Å². The first-order valence-electron chi connectivity index (χ1n) is 4.88. The lowest BCUT2D eigenvalue weighted by Gasteiger charge is -2.14. The fraction of sp³-hybridized carbons (Fsp3) is 0.273. The minimum absolute atomic E-state index is 0.0690. The normalized spacial score (nSPS) is 11.9. The van der Waals surface area contributed by atoms with Crippen LogP contribution in [0, 0.1) is 0 Å². The zero-order chi connectivity index (χ0) is 13.0. The number of nitrogens with one attached hydrogen (secondary N) is 1. The number of halogens is 1. The van der Waals surface area contributed by atoms with E-state index in [0.29, 0.717) is 5.56 Å². The van der Waals surface area contributed by atoms with Gasteiger partial charge in [-0.15, -0.1) is 0 Å². The molecule has 5 nitrogen and oxygen atoms in total. The van der Waals surface area contributed by atoms with Crippen molar-refractivity contribution in [1.29, 1.82) is 0 Å². The molecule has 0 fully saturated rings. The van der Waals surface area contributed by atoms with Crippen LogP contribution in [0.3, 0.4) is 0 Å². The third kappa shape index (κ3) is 3.64. The van der Waals surface area contributed by atoms with Gasteiger partial charge in [0, 0.05) is 23.9 Å². The van der Waals surface area contributed by atoms with Gasteiger partial charge in [0.05, 0.1) is 0 Å². The second-order valence-corrected chi connectivity index (χ2v) is 3.94. The van der Waals surface area contributed by atoms with E-state index in [1.165, 1.54) is 13.0 Å². The fourth-order valence-corrected chi connectivity index (χ4v) is 1.65. The van der Waals surface area contributed by atoms with Crippen molar-refractivity contribution >= 4 is 23.5 Å². The molecule has 1 unspecified atom stereocenters. The molecule has 0 aliphatic rings. The van der Waals surface area contributed by atoms with Gasteiger partial charge in [-0.25, -0.2) is 4.79 Å². The summed E-state index contributed by atoms with van der Waals surface area (Å²) >= 11 is 5.85. The Hall–Kier alpha value is -1.75. The van der Waals surface area contributed by atoms with Gasteiger partial charge in [-0.05, 0) is 12.1 Å². The number of aliphatic carboxylic acids is 1.